The Kier molecular flexibility index (Phi) is 4.01. The van der Waals surface area contributed by atoms with Gasteiger partial charge >= 0.3 is 6.01 Å². The fourth-order valence-corrected chi connectivity index (χ4v) is 1.98. The van der Waals surface area contributed by atoms with Crippen LogP contribution in [0.2, 0.25) is 0 Å². The van der Waals surface area contributed by atoms with Crippen molar-refractivity contribution in [1.29, 1.82) is 0 Å². The van der Waals surface area contributed by atoms with E-state index in [1.54, 1.807) is 36.1 Å². The standard InChI is InChI=1S/C16H16FN5O/c1-10-6-14(4-5-15(10)17)22-8-13(20-21-22)9-23-16-18-7-11(2)12(3)19-16/h4-8H,9H2,1-3H3. The van der Waals surface area contributed by atoms with Crippen LogP contribution in [0.5, 0.6) is 6.01 Å². The highest BCUT2D eigenvalue weighted by Crippen LogP contribution is 2.13. The van der Waals surface area contributed by atoms with Crippen LogP contribution in [0, 0.1) is 26.6 Å². The lowest BCUT2D eigenvalue weighted by Crippen LogP contribution is -2.01. The molecule has 0 aliphatic heterocycles. The molecule has 0 unspecified atom stereocenters. The van der Waals surface area contributed by atoms with Crippen LogP contribution in [-0.4, -0.2) is 25.0 Å². The van der Waals surface area contributed by atoms with Crippen LogP contribution in [-0.2, 0) is 6.61 Å². The van der Waals surface area contributed by atoms with Crippen molar-refractivity contribution < 1.29 is 9.13 Å². The van der Waals surface area contributed by atoms with E-state index in [1.807, 2.05) is 13.8 Å². The van der Waals surface area contributed by atoms with Gasteiger partial charge in [-0.3, -0.25) is 0 Å². The molecule has 6 nitrogen and oxygen atoms in total. The number of aromatic nitrogens is 5. The van der Waals surface area contributed by atoms with E-state index in [2.05, 4.69) is 20.3 Å². The van der Waals surface area contributed by atoms with Crippen molar-refractivity contribution in [3.05, 3.63) is 58.9 Å². The van der Waals surface area contributed by atoms with Crippen LogP contribution in [0.4, 0.5) is 4.39 Å². The quantitative estimate of drug-likeness (QED) is 0.741. The number of hydrogen-bond donors (Lipinski definition) is 0. The van der Waals surface area contributed by atoms with E-state index in [9.17, 15) is 4.39 Å². The second-order valence-corrected chi connectivity index (χ2v) is 5.30. The van der Waals surface area contributed by atoms with Gasteiger partial charge in [0, 0.05) is 11.9 Å². The Bertz CT molecular complexity index is 846. The molecule has 0 saturated carbocycles. The highest BCUT2D eigenvalue weighted by Gasteiger charge is 2.07. The van der Waals surface area contributed by atoms with Crippen LogP contribution in [0.15, 0.2) is 30.6 Å². The Hall–Kier alpha value is -2.83. The summed E-state index contributed by atoms with van der Waals surface area (Å²) in [5, 5.41) is 8.06. The van der Waals surface area contributed by atoms with Gasteiger partial charge in [0.15, 0.2) is 0 Å². The van der Waals surface area contributed by atoms with Crippen molar-refractivity contribution in [3.63, 3.8) is 0 Å². The second kappa shape index (κ2) is 6.12. The predicted octanol–water partition coefficient (Wildman–Crippen LogP) is 2.70. The van der Waals surface area contributed by atoms with Crippen LogP contribution in [0.1, 0.15) is 22.5 Å². The van der Waals surface area contributed by atoms with Gasteiger partial charge < -0.3 is 4.74 Å². The highest BCUT2D eigenvalue weighted by atomic mass is 19.1. The minimum absolute atomic E-state index is 0.211. The maximum Gasteiger partial charge on any atom is 0.316 e. The minimum Gasteiger partial charge on any atom is -0.457 e. The Balaban J connectivity index is 1.71. The lowest BCUT2D eigenvalue weighted by molar-refractivity contribution is 0.275. The number of nitrogens with zero attached hydrogens (tertiary/aromatic N) is 5. The third kappa shape index (κ3) is 3.33. The molecular formula is C16H16FN5O. The predicted molar refractivity (Wildman–Crippen MR) is 81.9 cm³/mol. The first-order valence-corrected chi connectivity index (χ1v) is 7.14. The molecule has 0 radical (unpaired) electrons. The van der Waals surface area contributed by atoms with Crippen molar-refractivity contribution >= 4 is 0 Å². The molecule has 0 aliphatic carbocycles. The molecule has 0 aliphatic rings. The van der Waals surface area contributed by atoms with Crippen molar-refractivity contribution in [2.75, 3.05) is 0 Å². The molecule has 3 aromatic rings. The summed E-state index contributed by atoms with van der Waals surface area (Å²) in [4.78, 5) is 8.35. The number of halogens is 1. The van der Waals surface area contributed by atoms with Crippen molar-refractivity contribution in [1.82, 2.24) is 25.0 Å². The van der Waals surface area contributed by atoms with E-state index in [4.69, 9.17) is 4.74 Å². The summed E-state index contributed by atoms with van der Waals surface area (Å²) in [6.45, 7) is 5.76. The summed E-state index contributed by atoms with van der Waals surface area (Å²) in [6, 6.07) is 5.07. The summed E-state index contributed by atoms with van der Waals surface area (Å²) in [6.07, 6.45) is 3.45. The molecule has 1 aromatic carbocycles. The second-order valence-electron chi connectivity index (χ2n) is 5.30. The van der Waals surface area contributed by atoms with E-state index in [0.29, 0.717) is 17.3 Å². The van der Waals surface area contributed by atoms with Gasteiger partial charge in [-0.05, 0) is 50.1 Å². The first kappa shape index (κ1) is 15.1. The van der Waals surface area contributed by atoms with Gasteiger partial charge in [0.05, 0.1) is 11.9 Å². The van der Waals surface area contributed by atoms with Crippen LogP contribution in [0.3, 0.4) is 0 Å². The summed E-state index contributed by atoms with van der Waals surface area (Å²) >= 11 is 0. The van der Waals surface area contributed by atoms with Gasteiger partial charge in [0.25, 0.3) is 0 Å². The van der Waals surface area contributed by atoms with Gasteiger partial charge in [0.1, 0.15) is 18.1 Å². The van der Waals surface area contributed by atoms with Crippen LogP contribution < -0.4 is 4.74 Å². The molecule has 0 spiro atoms. The molecule has 0 fully saturated rings. The van der Waals surface area contributed by atoms with Gasteiger partial charge in [-0.2, -0.15) is 0 Å². The monoisotopic (exact) mass is 313 g/mol. The van der Waals surface area contributed by atoms with E-state index >= 15 is 0 Å². The summed E-state index contributed by atoms with van der Waals surface area (Å²) in [7, 11) is 0. The van der Waals surface area contributed by atoms with Crippen molar-refractivity contribution in [2.45, 2.75) is 27.4 Å². The fraction of sp³-hybridized carbons (Fsp3) is 0.250. The maximum absolute atomic E-state index is 13.3. The maximum atomic E-state index is 13.3. The SMILES string of the molecule is Cc1cc(-n2cc(COc3ncc(C)c(C)n3)nn2)ccc1F. The third-order valence-electron chi connectivity index (χ3n) is 3.50. The van der Waals surface area contributed by atoms with Crippen LogP contribution in [0.25, 0.3) is 5.69 Å². The molecule has 3 rings (SSSR count). The smallest absolute Gasteiger partial charge is 0.316 e. The number of ether oxygens (including phenoxy) is 1. The zero-order valence-corrected chi connectivity index (χ0v) is 13.1. The molecule has 0 N–H and O–H groups in total. The lowest BCUT2D eigenvalue weighted by Gasteiger charge is -2.04. The fourth-order valence-electron chi connectivity index (χ4n) is 1.98. The summed E-state index contributed by atoms with van der Waals surface area (Å²) in [5.41, 5.74) is 3.81. The Labute approximate surface area is 133 Å². The van der Waals surface area contributed by atoms with Gasteiger partial charge in [-0.15, -0.1) is 5.10 Å². The molecule has 7 heteroatoms. The summed E-state index contributed by atoms with van der Waals surface area (Å²) < 4.78 is 20.4. The van der Waals surface area contributed by atoms with Gasteiger partial charge in [-0.1, -0.05) is 5.21 Å². The number of benzene rings is 1. The van der Waals surface area contributed by atoms with E-state index in [0.717, 1.165) is 16.9 Å². The molecule has 0 atom stereocenters. The molecule has 2 aromatic heterocycles. The lowest BCUT2D eigenvalue weighted by atomic mass is 10.2. The first-order valence-electron chi connectivity index (χ1n) is 7.14. The third-order valence-corrected chi connectivity index (χ3v) is 3.50. The molecule has 23 heavy (non-hydrogen) atoms. The van der Waals surface area contributed by atoms with Gasteiger partial charge in [-0.25, -0.2) is 19.0 Å². The molecule has 0 bridgehead atoms. The Morgan fingerprint density at radius 3 is 2.74 bits per heavy atom. The normalized spacial score (nSPS) is 10.8. The van der Waals surface area contributed by atoms with Crippen LogP contribution >= 0.6 is 0 Å². The van der Waals surface area contributed by atoms with E-state index < -0.39 is 0 Å². The van der Waals surface area contributed by atoms with E-state index in [-0.39, 0.29) is 12.4 Å². The minimum atomic E-state index is -0.246. The topological polar surface area (TPSA) is 65.7 Å². The number of aryl methyl sites for hydroxylation is 3. The zero-order valence-electron chi connectivity index (χ0n) is 13.1. The van der Waals surface area contributed by atoms with Crippen molar-refractivity contribution in [2.24, 2.45) is 0 Å². The molecule has 118 valence electrons. The largest absolute Gasteiger partial charge is 0.457 e. The first-order chi connectivity index (χ1) is 11.0. The average molecular weight is 313 g/mol. The Morgan fingerprint density at radius 1 is 1.17 bits per heavy atom. The number of rotatable bonds is 4. The van der Waals surface area contributed by atoms with Gasteiger partial charge in [0.2, 0.25) is 0 Å². The van der Waals surface area contributed by atoms with E-state index in [1.165, 1.54) is 6.07 Å². The molecular weight excluding hydrogens is 297 g/mol. The molecule has 2 heterocycles. The highest BCUT2D eigenvalue weighted by molar-refractivity contribution is 5.35. The Morgan fingerprint density at radius 2 is 2.00 bits per heavy atom. The number of hydrogen-bond acceptors (Lipinski definition) is 5. The molecule has 0 saturated heterocycles. The average Bonchev–Trinajstić information content (AvgIpc) is 3.00. The molecule has 0 amide bonds. The van der Waals surface area contributed by atoms with Crippen molar-refractivity contribution in [3.8, 4) is 11.7 Å². The zero-order chi connectivity index (χ0) is 16.4. The summed E-state index contributed by atoms with van der Waals surface area (Å²) in [5.74, 6) is -0.246.